The molecule has 1 aromatic heterocycles. The minimum atomic E-state index is -1.25. The third kappa shape index (κ3) is 5.79. The quantitative estimate of drug-likeness (QED) is 0.312. The number of nitrogens with zero attached hydrogens (tertiary/aromatic N) is 2. The highest BCUT2D eigenvalue weighted by Crippen LogP contribution is 2.32. The number of carbonyl (C=O) groups excluding carboxylic acids is 4. The average Bonchev–Trinajstić information content (AvgIpc) is 3.08. The number of hydrogen-bond donors (Lipinski definition) is 0. The topological polar surface area (TPSA) is 132 Å². The molecule has 0 amide bonds. The molecule has 12 heteroatoms. The maximum absolute atomic E-state index is 12.4. The summed E-state index contributed by atoms with van der Waals surface area (Å²) in [7, 11) is 0. The fourth-order valence-electron chi connectivity index (χ4n) is 2.99. The van der Waals surface area contributed by atoms with E-state index in [0.717, 1.165) is 6.92 Å². The molecule has 2 rings (SSSR count). The average molecular weight is 491 g/mol. The van der Waals surface area contributed by atoms with E-state index in [0.29, 0.717) is 11.0 Å². The van der Waals surface area contributed by atoms with E-state index in [9.17, 15) is 19.2 Å². The number of alkyl halides is 1. The third-order valence-corrected chi connectivity index (χ3v) is 4.55. The Balaban J connectivity index is 2.51. The van der Waals surface area contributed by atoms with Crippen molar-refractivity contribution < 1.29 is 42.9 Å². The monoisotopic (exact) mass is 490 g/mol. The van der Waals surface area contributed by atoms with E-state index in [-0.39, 0.29) is 18.9 Å². The van der Waals surface area contributed by atoms with Crippen molar-refractivity contribution >= 4 is 39.8 Å². The van der Waals surface area contributed by atoms with Crippen LogP contribution in [0.3, 0.4) is 0 Å². The van der Waals surface area contributed by atoms with Crippen LogP contribution in [0.5, 0.6) is 0 Å². The van der Waals surface area contributed by atoms with Crippen molar-refractivity contribution in [3.63, 3.8) is 0 Å². The van der Waals surface area contributed by atoms with Gasteiger partial charge in [-0.05, 0) is 13.0 Å². The van der Waals surface area contributed by atoms with Gasteiger partial charge in [0.2, 0.25) is 0 Å². The molecule has 0 spiro atoms. The molecule has 0 unspecified atom stereocenters. The summed E-state index contributed by atoms with van der Waals surface area (Å²) in [6, 6.07) is 1.50. The van der Waals surface area contributed by atoms with Gasteiger partial charge in [0.15, 0.2) is 24.5 Å². The second-order valence-electron chi connectivity index (χ2n) is 6.34. The summed E-state index contributed by atoms with van der Waals surface area (Å²) < 4.78 is 27.9. The second-order valence-corrected chi connectivity index (χ2v) is 6.90. The fourth-order valence-corrected chi connectivity index (χ4v) is 3.27. The molecule has 0 N–H and O–H groups in total. The van der Waals surface area contributed by atoms with Gasteiger partial charge in [-0.15, -0.1) is 0 Å². The van der Waals surface area contributed by atoms with Gasteiger partial charge in [-0.25, -0.2) is 9.48 Å². The summed E-state index contributed by atoms with van der Waals surface area (Å²) in [5.74, 6) is -2.66. The highest BCUT2D eigenvalue weighted by molar-refractivity contribution is 9.08. The normalized spacial score (nSPS) is 23.4. The van der Waals surface area contributed by atoms with E-state index in [1.54, 1.807) is 6.92 Å². The van der Waals surface area contributed by atoms with Crippen LogP contribution in [0, 0.1) is 0 Å². The zero-order chi connectivity index (χ0) is 22.4. The minimum absolute atomic E-state index is 0.0564. The highest BCUT2D eigenvalue weighted by atomic mass is 79.9. The Morgan fingerprint density at radius 3 is 2.23 bits per heavy atom. The summed E-state index contributed by atoms with van der Waals surface area (Å²) in [5, 5.41) is 4.65. The molecule has 0 radical (unpaired) electrons. The molecular weight excluding hydrogens is 468 g/mol. The smallest absolute Gasteiger partial charge is 0.356 e. The predicted octanol–water partition coefficient (Wildman–Crippen LogP) is 1.28. The van der Waals surface area contributed by atoms with Gasteiger partial charge in [0.25, 0.3) is 0 Å². The lowest BCUT2D eigenvalue weighted by atomic mass is 10.0. The standard InChI is InChI=1S/C18H23BrN2O9/c1-5-26-18(25)13-6-12(7-19)20-21(13)17-16(30-11(4)24)15(29-10(3)23)14(8-27-17)28-9(2)22/h6,14-17H,5,7-8H2,1-4H3/t14-,15-,16-,17-/m1/s1. The van der Waals surface area contributed by atoms with Crippen molar-refractivity contribution in [1.29, 1.82) is 0 Å². The molecular formula is C18H23BrN2O9. The van der Waals surface area contributed by atoms with Gasteiger partial charge in [0.1, 0.15) is 5.69 Å². The molecule has 166 valence electrons. The lowest BCUT2D eigenvalue weighted by Crippen LogP contribution is -2.56. The molecule has 0 aromatic carbocycles. The van der Waals surface area contributed by atoms with Crippen molar-refractivity contribution in [3.8, 4) is 0 Å². The summed E-state index contributed by atoms with van der Waals surface area (Å²) in [6.45, 7) is 5.12. The van der Waals surface area contributed by atoms with E-state index >= 15 is 0 Å². The van der Waals surface area contributed by atoms with E-state index in [2.05, 4.69) is 21.0 Å². The van der Waals surface area contributed by atoms with Crippen LogP contribution in [-0.2, 0) is 43.4 Å². The number of hydrogen-bond acceptors (Lipinski definition) is 10. The molecule has 2 heterocycles. The molecule has 1 aromatic rings. The van der Waals surface area contributed by atoms with Crippen molar-refractivity contribution in [2.45, 2.75) is 57.6 Å². The minimum Gasteiger partial charge on any atom is -0.461 e. The number of halogens is 1. The van der Waals surface area contributed by atoms with E-state index in [4.69, 9.17) is 23.7 Å². The highest BCUT2D eigenvalue weighted by Gasteiger charge is 2.49. The number of carbonyl (C=O) groups is 4. The number of ether oxygens (including phenoxy) is 5. The lowest BCUT2D eigenvalue weighted by Gasteiger charge is -2.40. The summed E-state index contributed by atoms with van der Waals surface area (Å²) in [6.07, 6.45) is -4.59. The summed E-state index contributed by atoms with van der Waals surface area (Å²) in [4.78, 5) is 47.3. The molecule has 1 aliphatic rings. The van der Waals surface area contributed by atoms with Crippen LogP contribution < -0.4 is 0 Å². The van der Waals surface area contributed by atoms with Crippen LogP contribution in [0.4, 0.5) is 0 Å². The molecule has 30 heavy (non-hydrogen) atoms. The van der Waals surface area contributed by atoms with Crippen molar-refractivity contribution in [2.75, 3.05) is 13.2 Å². The van der Waals surface area contributed by atoms with Gasteiger partial charge >= 0.3 is 23.9 Å². The number of aromatic nitrogens is 2. The van der Waals surface area contributed by atoms with Crippen LogP contribution in [0.15, 0.2) is 6.07 Å². The third-order valence-electron chi connectivity index (χ3n) is 3.97. The van der Waals surface area contributed by atoms with Gasteiger partial charge < -0.3 is 23.7 Å². The summed E-state index contributed by atoms with van der Waals surface area (Å²) in [5.41, 5.74) is 0.551. The van der Waals surface area contributed by atoms with Gasteiger partial charge in [-0.3, -0.25) is 14.4 Å². The molecule has 1 aliphatic heterocycles. The van der Waals surface area contributed by atoms with Crippen molar-refractivity contribution in [1.82, 2.24) is 9.78 Å². The Hall–Kier alpha value is -2.47. The first-order chi connectivity index (χ1) is 14.2. The number of rotatable bonds is 7. The zero-order valence-electron chi connectivity index (χ0n) is 17.0. The first-order valence-corrected chi connectivity index (χ1v) is 10.2. The molecule has 0 saturated carbocycles. The van der Waals surface area contributed by atoms with Gasteiger partial charge in [-0.2, -0.15) is 5.10 Å². The van der Waals surface area contributed by atoms with Crippen molar-refractivity contribution in [2.24, 2.45) is 0 Å². The van der Waals surface area contributed by atoms with E-state index in [1.165, 1.54) is 24.6 Å². The van der Waals surface area contributed by atoms with Crippen molar-refractivity contribution in [3.05, 3.63) is 17.5 Å². The molecule has 11 nitrogen and oxygen atoms in total. The first kappa shape index (κ1) is 23.8. The molecule has 1 fully saturated rings. The maximum Gasteiger partial charge on any atom is 0.356 e. The van der Waals surface area contributed by atoms with Gasteiger partial charge in [0, 0.05) is 26.1 Å². The Morgan fingerprint density at radius 1 is 1.10 bits per heavy atom. The second kappa shape index (κ2) is 10.5. The molecule has 0 aliphatic carbocycles. The first-order valence-electron chi connectivity index (χ1n) is 9.12. The van der Waals surface area contributed by atoms with Crippen LogP contribution in [-0.4, -0.2) is 65.2 Å². The Bertz CT molecular complexity index is 810. The van der Waals surface area contributed by atoms with Crippen LogP contribution in [0.25, 0.3) is 0 Å². The number of esters is 4. The zero-order valence-corrected chi connectivity index (χ0v) is 18.5. The summed E-state index contributed by atoms with van der Waals surface area (Å²) >= 11 is 3.27. The fraction of sp³-hybridized carbons (Fsp3) is 0.611. The van der Waals surface area contributed by atoms with E-state index < -0.39 is 48.4 Å². The Labute approximate surface area is 181 Å². The van der Waals surface area contributed by atoms with Gasteiger partial charge in [-0.1, -0.05) is 15.9 Å². The molecule has 1 saturated heterocycles. The SMILES string of the molecule is CCOC(=O)c1cc(CBr)nn1[C@@H]1OC[C@@H](OC(C)=O)[C@@H](OC(C)=O)[C@H]1OC(C)=O. The Kier molecular flexibility index (Phi) is 8.35. The van der Waals surface area contributed by atoms with Crippen LogP contribution in [0.2, 0.25) is 0 Å². The van der Waals surface area contributed by atoms with E-state index in [1.807, 2.05) is 0 Å². The van der Waals surface area contributed by atoms with Crippen LogP contribution in [0.1, 0.15) is 50.1 Å². The largest absolute Gasteiger partial charge is 0.461 e. The predicted molar refractivity (Wildman–Crippen MR) is 102 cm³/mol. The molecule has 4 atom stereocenters. The molecule has 0 bridgehead atoms. The maximum atomic E-state index is 12.4. The Morgan fingerprint density at radius 2 is 1.70 bits per heavy atom. The van der Waals surface area contributed by atoms with Gasteiger partial charge in [0.05, 0.1) is 18.9 Å². The van der Waals surface area contributed by atoms with Crippen LogP contribution >= 0.6 is 15.9 Å². The lowest BCUT2D eigenvalue weighted by molar-refractivity contribution is -0.241.